The Balaban J connectivity index is 1.66. The van der Waals surface area contributed by atoms with E-state index in [-0.39, 0.29) is 11.9 Å². The van der Waals surface area contributed by atoms with E-state index < -0.39 is 0 Å². The third-order valence-electron chi connectivity index (χ3n) is 3.92. The van der Waals surface area contributed by atoms with Crippen LogP contribution in [0.1, 0.15) is 15.9 Å². The molecular weight excluding hydrogens is 294 g/mol. The van der Waals surface area contributed by atoms with Crippen molar-refractivity contribution in [3.05, 3.63) is 58.3 Å². The van der Waals surface area contributed by atoms with Crippen molar-refractivity contribution in [1.29, 1.82) is 5.26 Å². The number of nitrogens with zero attached hydrogens (tertiary/aromatic N) is 3. The minimum atomic E-state index is -0.253. The van der Waals surface area contributed by atoms with Crippen molar-refractivity contribution < 1.29 is 4.79 Å². The Morgan fingerprint density at radius 1 is 1.27 bits per heavy atom. The van der Waals surface area contributed by atoms with Gasteiger partial charge in [-0.05, 0) is 17.0 Å². The fourth-order valence-electron chi connectivity index (χ4n) is 2.70. The number of nitriles is 1. The van der Waals surface area contributed by atoms with Gasteiger partial charge in [0.25, 0.3) is 5.91 Å². The molecule has 1 amide bonds. The molecule has 0 unspecified atom stereocenters. The van der Waals surface area contributed by atoms with Crippen LogP contribution < -0.4 is 0 Å². The first kappa shape index (κ1) is 14.8. The van der Waals surface area contributed by atoms with Gasteiger partial charge in [-0.1, -0.05) is 30.3 Å². The van der Waals surface area contributed by atoms with Gasteiger partial charge in [-0.2, -0.15) is 16.6 Å². The first-order chi connectivity index (χ1) is 10.8. The van der Waals surface area contributed by atoms with Gasteiger partial charge >= 0.3 is 0 Å². The third kappa shape index (κ3) is 3.19. The molecule has 1 aromatic carbocycles. The van der Waals surface area contributed by atoms with E-state index in [1.807, 2.05) is 35.0 Å². The average molecular weight is 311 g/mol. The van der Waals surface area contributed by atoms with Gasteiger partial charge in [-0.15, -0.1) is 0 Å². The monoisotopic (exact) mass is 311 g/mol. The van der Waals surface area contributed by atoms with Crippen LogP contribution in [0, 0.1) is 11.3 Å². The Kier molecular flexibility index (Phi) is 4.52. The molecule has 0 bridgehead atoms. The summed E-state index contributed by atoms with van der Waals surface area (Å²) >= 11 is 1.52. The number of hydrogen-bond acceptors (Lipinski definition) is 4. The van der Waals surface area contributed by atoms with Crippen LogP contribution in [0.15, 0.2) is 47.2 Å². The van der Waals surface area contributed by atoms with Crippen molar-refractivity contribution in [3.63, 3.8) is 0 Å². The predicted molar refractivity (Wildman–Crippen MR) is 86.5 cm³/mol. The smallest absolute Gasteiger partial charge is 0.254 e. The maximum Gasteiger partial charge on any atom is 0.254 e. The molecule has 0 aliphatic carbocycles. The lowest BCUT2D eigenvalue weighted by molar-refractivity contribution is 0.0552. The number of hydrogen-bond donors (Lipinski definition) is 0. The second kappa shape index (κ2) is 6.73. The van der Waals surface area contributed by atoms with Crippen LogP contribution in [0.2, 0.25) is 0 Å². The van der Waals surface area contributed by atoms with Crippen LogP contribution in [0.5, 0.6) is 0 Å². The Hall–Kier alpha value is -2.16. The largest absolute Gasteiger partial charge is 0.335 e. The zero-order valence-electron chi connectivity index (χ0n) is 12.2. The highest BCUT2D eigenvalue weighted by molar-refractivity contribution is 7.08. The lowest BCUT2D eigenvalue weighted by atomic mass is 10.1. The van der Waals surface area contributed by atoms with E-state index in [0.717, 1.165) is 18.7 Å². The van der Waals surface area contributed by atoms with E-state index in [4.69, 9.17) is 0 Å². The Labute approximate surface area is 134 Å². The van der Waals surface area contributed by atoms with Crippen LogP contribution >= 0.6 is 11.3 Å². The molecule has 2 aromatic rings. The van der Waals surface area contributed by atoms with E-state index >= 15 is 0 Å². The van der Waals surface area contributed by atoms with Crippen molar-refractivity contribution in [2.75, 3.05) is 19.6 Å². The molecule has 5 heteroatoms. The van der Waals surface area contributed by atoms with Gasteiger partial charge in [0, 0.05) is 31.6 Å². The molecule has 1 aromatic heterocycles. The SMILES string of the molecule is N#C[C@@H]1CN(C(=O)c2ccsc2)CCN1Cc1ccccc1. The normalized spacial score (nSPS) is 18.9. The zero-order chi connectivity index (χ0) is 15.4. The van der Waals surface area contributed by atoms with E-state index in [0.29, 0.717) is 13.1 Å². The summed E-state index contributed by atoms with van der Waals surface area (Å²) in [6.45, 7) is 2.61. The lowest BCUT2D eigenvalue weighted by Crippen LogP contribution is -2.53. The first-order valence-corrected chi connectivity index (χ1v) is 8.21. The van der Waals surface area contributed by atoms with Gasteiger partial charge < -0.3 is 4.90 Å². The summed E-state index contributed by atoms with van der Waals surface area (Å²) in [6, 6.07) is 14.1. The second-order valence-corrected chi connectivity index (χ2v) is 6.14. The highest BCUT2D eigenvalue weighted by Crippen LogP contribution is 2.17. The zero-order valence-corrected chi connectivity index (χ0v) is 13.0. The van der Waals surface area contributed by atoms with Gasteiger partial charge in [-0.3, -0.25) is 9.69 Å². The van der Waals surface area contributed by atoms with Crippen LogP contribution in [0.3, 0.4) is 0 Å². The molecule has 3 rings (SSSR count). The average Bonchev–Trinajstić information content (AvgIpc) is 3.10. The molecule has 1 atom stereocenters. The fraction of sp³-hybridized carbons (Fsp3) is 0.294. The van der Waals surface area contributed by atoms with Gasteiger partial charge in [0.1, 0.15) is 6.04 Å². The maximum absolute atomic E-state index is 12.4. The molecule has 1 aliphatic rings. The highest BCUT2D eigenvalue weighted by Gasteiger charge is 2.30. The molecular formula is C17H17N3OS. The topological polar surface area (TPSA) is 47.3 Å². The molecule has 0 saturated carbocycles. The Morgan fingerprint density at radius 2 is 2.09 bits per heavy atom. The summed E-state index contributed by atoms with van der Waals surface area (Å²) < 4.78 is 0. The maximum atomic E-state index is 12.4. The standard InChI is InChI=1S/C17H17N3OS/c18-10-16-12-20(17(21)15-6-9-22-13-15)8-7-19(16)11-14-4-2-1-3-5-14/h1-6,9,13,16H,7-8,11-12H2/t16-/m1/s1. The van der Waals surface area contributed by atoms with Crippen molar-refractivity contribution in [3.8, 4) is 6.07 Å². The number of rotatable bonds is 3. The minimum absolute atomic E-state index is 0.0286. The molecule has 0 spiro atoms. The quantitative estimate of drug-likeness (QED) is 0.875. The van der Waals surface area contributed by atoms with Crippen LogP contribution in [-0.2, 0) is 6.54 Å². The summed E-state index contributed by atoms with van der Waals surface area (Å²) in [6.07, 6.45) is 0. The summed E-state index contributed by atoms with van der Waals surface area (Å²) in [4.78, 5) is 16.3. The Bertz CT molecular complexity index is 663. The third-order valence-corrected chi connectivity index (χ3v) is 4.61. The number of thiophene rings is 1. The van der Waals surface area contributed by atoms with E-state index in [1.165, 1.54) is 16.9 Å². The van der Waals surface area contributed by atoms with Crippen LogP contribution in [0.4, 0.5) is 0 Å². The summed E-state index contributed by atoms with van der Waals surface area (Å²) in [5.74, 6) is 0.0286. The Morgan fingerprint density at radius 3 is 2.77 bits per heavy atom. The molecule has 4 nitrogen and oxygen atoms in total. The highest BCUT2D eigenvalue weighted by atomic mass is 32.1. The molecule has 0 radical (unpaired) electrons. The van der Waals surface area contributed by atoms with Crippen LogP contribution in [0.25, 0.3) is 0 Å². The minimum Gasteiger partial charge on any atom is -0.335 e. The lowest BCUT2D eigenvalue weighted by Gasteiger charge is -2.38. The number of benzene rings is 1. The molecule has 1 saturated heterocycles. The first-order valence-electron chi connectivity index (χ1n) is 7.27. The van der Waals surface area contributed by atoms with Gasteiger partial charge in [0.15, 0.2) is 0 Å². The number of amides is 1. The van der Waals surface area contributed by atoms with Gasteiger partial charge in [-0.25, -0.2) is 0 Å². The number of carbonyl (C=O) groups is 1. The second-order valence-electron chi connectivity index (χ2n) is 5.36. The fourth-order valence-corrected chi connectivity index (χ4v) is 3.33. The predicted octanol–water partition coefficient (Wildman–Crippen LogP) is 2.60. The molecule has 1 aliphatic heterocycles. The summed E-state index contributed by atoms with van der Waals surface area (Å²) in [5.41, 5.74) is 1.92. The van der Waals surface area contributed by atoms with Gasteiger partial charge in [0.2, 0.25) is 0 Å². The van der Waals surface area contributed by atoms with E-state index in [9.17, 15) is 10.1 Å². The molecule has 1 fully saturated rings. The molecule has 2 heterocycles. The molecule has 0 N–H and O–H groups in total. The summed E-state index contributed by atoms with van der Waals surface area (Å²) in [7, 11) is 0. The van der Waals surface area contributed by atoms with Crippen molar-refractivity contribution in [2.45, 2.75) is 12.6 Å². The van der Waals surface area contributed by atoms with E-state index in [1.54, 1.807) is 4.90 Å². The van der Waals surface area contributed by atoms with Crippen molar-refractivity contribution >= 4 is 17.2 Å². The van der Waals surface area contributed by atoms with Crippen LogP contribution in [-0.4, -0.2) is 41.4 Å². The van der Waals surface area contributed by atoms with Crippen molar-refractivity contribution in [2.24, 2.45) is 0 Å². The molecule has 112 valence electrons. The molecule has 22 heavy (non-hydrogen) atoms. The van der Waals surface area contributed by atoms with E-state index in [2.05, 4.69) is 23.1 Å². The van der Waals surface area contributed by atoms with Gasteiger partial charge in [0.05, 0.1) is 11.6 Å². The van der Waals surface area contributed by atoms with Crippen molar-refractivity contribution in [1.82, 2.24) is 9.80 Å². The number of piperazine rings is 1. The number of carbonyl (C=O) groups excluding carboxylic acids is 1. The summed E-state index contributed by atoms with van der Waals surface area (Å²) in [5, 5.41) is 13.2.